The van der Waals surface area contributed by atoms with Gasteiger partial charge in [0.05, 0.1) is 7.11 Å². The Labute approximate surface area is 80.4 Å². The van der Waals surface area contributed by atoms with Crippen molar-refractivity contribution in [1.82, 2.24) is 0 Å². The Morgan fingerprint density at radius 3 is 2.00 bits per heavy atom. The SMILES string of the molecule is COc1ccc(Br)cc1.O[B]O. The van der Waals surface area contributed by atoms with E-state index in [4.69, 9.17) is 14.8 Å². The Morgan fingerprint density at radius 1 is 1.25 bits per heavy atom. The summed E-state index contributed by atoms with van der Waals surface area (Å²) in [5.74, 6) is 0.887. The number of benzene rings is 1. The van der Waals surface area contributed by atoms with Crippen molar-refractivity contribution in [2.75, 3.05) is 7.11 Å². The summed E-state index contributed by atoms with van der Waals surface area (Å²) in [7, 11) is 1.66. The minimum atomic E-state index is 0. The average molecular weight is 232 g/mol. The number of ether oxygens (including phenoxy) is 1. The Morgan fingerprint density at radius 2 is 1.67 bits per heavy atom. The van der Waals surface area contributed by atoms with Crippen LogP contribution in [0.15, 0.2) is 28.7 Å². The van der Waals surface area contributed by atoms with E-state index in [0.717, 1.165) is 10.2 Å². The van der Waals surface area contributed by atoms with E-state index in [-0.39, 0.29) is 7.69 Å². The van der Waals surface area contributed by atoms with Gasteiger partial charge >= 0.3 is 7.69 Å². The van der Waals surface area contributed by atoms with Gasteiger partial charge in [0.2, 0.25) is 0 Å². The van der Waals surface area contributed by atoms with E-state index < -0.39 is 0 Å². The molecule has 0 heterocycles. The highest BCUT2D eigenvalue weighted by atomic mass is 79.9. The van der Waals surface area contributed by atoms with Crippen LogP contribution in [0.25, 0.3) is 0 Å². The van der Waals surface area contributed by atoms with E-state index >= 15 is 0 Å². The lowest BCUT2D eigenvalue weighted by atomic mass is 10.3. The van der Waals surface area contributed by atoms with Crippen molar-refractivity contribution in [2.45, 2.75) is 0 Å². The number of hydrogen-bond acceptors (Lipinski definition) is 3. The lowest BCUT2D eigenvalue weighted by Crippen LogP contribution is -1.79. The Kier molecular flexibility index (Phi) is 6.84. The fourth-order valence-electron chi connectivity index (χ4n) is 0.571. The molecular formula is C7H9BBrO3. The van der Waals surface area contributed by atoms with Gasteiger partial charge < -0.3 is 14.8 Å². The molecule has 0 aliphatic heterocycles. The lowest BCUT2D eigenvalue weighted by molar-refractivity contribution is 0.414. The summed E-state index contributed by atoms with van der Waals surface area (Å²) >= 11 is 3.32. The molecule has 1 rings (SSSR count). The molecule has 0 spiro atoms. The van der Waals surface area contributed by atoms with Crippen molar-refractivity contribution in [3.8, 4) is 5.75 Å². The standard InChI is InChI=1S/C7H7BrO.BH2O2/c1-9-7-4-2-6(8)3-5-7;2-1-3/h2-5H,1H3;2-3H. The van der Waals surface area contributed by atoms with E-state index in [2.05, 4.69) is 15.9 Å². The second-order valence-corrected chi connectivity index (χ2v) is 2.69. The van der Waals surface area contributed by atoms with Crippen molar-refractivity contribution in [3.05, 3.63) is 28.7 Å². The molecule has 2 N–H and O–H groups in total. The van der Waals surface area contributed by atoms with Crippen LogP contribution in [0.1, 0.15) is 0 Å². The van der Waals surface area contributed by atoms with Crippen LogP contribution in [0.5, 0.6) is 5.75 Å². The van der Waals surface area contributed by atoms with E-state index in [1.165, 1.54) is 0 Å². The zero-order valence-corrected chi connectivity index (χ0v) is 8.15. The molecule has 1 aromatic rings. The van der Waals surface area contributed by atoms with E-state index in [1.54, 1.807) is 7.11 Å². The maximum atomic E-state index is 7.00. The first-order valence-electron chi connectivity index (χ1n) is 3.14. The fraction of sp³-hybridized carbons (Fsp3) is 0.143. The quantitative estimate of drug-likeness (QED) is 0.709. The molecule has 0 saturated carbocycles. The lowest BCUT2D eigenvalue weighted by Gasteiger charge is -1.96. The number of halogens is 1. The highest BCUT2D eigenvalue weighted by Crippen LogP contribution is 2.14. The molecule has 0 fully saturated rings. The van der Waals surface area contributed by atoms with Crippen LogP contribution in [0, 0.1) is 0 Å². The highest BCUT2D eigenvalue weighted by molar-refractivity contribution is 9.10. The van der Waals surface area contributed by atoms with Crippen LogP contribution in [-0.2, 0) is 0 Å². The van der Waals surface area contributed by atoms with Crippen LogP contribution in [0.4, 0.5) is 0 Å². The van der Waals surface area contributed by atoms with Gasteiger partial charge in [0.15, 0.2) is 0 Å². The molecule has 65 valence electrons. The number of hydrogen-bond donors (Lipinski definition) is 2. The Balaban J connectivity index is 0.000000354. The summed E-state index contributed by atoms with van der Waals surface area (Å²) in [4.78, 5) is 0. The van der Waals surface area contributed by atoms with Gasteiger partial charge in [0, 0.05) is 4.47 Å². The van der Waals surface area contributed by atoms with Crippen LogP contribution in [0.2, 0.25) is 0 Å². The molecule has 12 heavy (non-hydrogen) atoms. The highest BCUT2D eigenvalue weighted by Gasteiger charge is 1.86. The molecule has 0 amide bonds. The summed E-state index contributed by atoms with van der Waals surface area (Å²) in [5.41, 5.74) is 0. The fourth-order valence-corrected chi connectivity index (χ4v) is 0.835. The van der Waals surface area contributed by atoms with Crippen molar-refractivity contribution < 1.29 is 14.8 Å². The molecule has 3 nitrogen and oxygen atoms in total. The Bertz CT molecular complexity index is 202. The molecule has 0 aromatic heterocycles. The monoisotopic (exact) mass is 231 g/mol. The van der Waals surface area contributed by atoms with Gasteiger partial charge in [-0.3, -0.25) is 0 Å². The summed E-state index contributed by atoms with van der Waals surface area (Å²) in [5, 5.41) is 14.0. The zero-order chi connectivity index (χ0) is 9.40. The van der Waals surface area contributed by atoms with Crippen molar-refractivity contribution in [1.29, 1.82) is 0 Å². The molecule has 0 unspecified atom stereocenters. The number of rotatable bonds is 1. The van der Waals surface area contributed by atoms with E-state index in [0.29, 0.717) is 0 Å². The predicted octanol–water partition coefficient (Wildman–Crippen LogP) is 0.963. The molecule has 1 aromatic carbocycles. The zero-order valence-electron chi connectivity index (χ0n) is 6.57. The topological polar surface area (TPSA) is 49.7 Å². The molecular weight excluding hydrogens is 223 g/mol. The normalized spacial score (nSPS) is 8.00. The van der Waals surface area contributed by atoms with Crippen molar-refractivity contribution in [2.24, 2.45) is 0 Å². The average Bonchev–Trinajstić information content (AvgIpc) is 2.07. The first-order chi connectivity index (χ1) is 5.74. The molecule has 0 aliphatic rings. The van der Waals surface area contributed by atoms with Gasteiger partial charge in [-0.05, 0) is 24.3 Å². The van der Waals surface area contributed by atoms with Crippen LogP contribution >= 0.6 is 15.9 Å². The molecule has 0 atom stereocenters. The first kappa shape index (κ1) is 11.5. The van der Waals surface area contributed by atoms with Gasteiger partial charge in [-0.25, -0.2) is 0 Å². The summed E-state index contributed by atoms with van der Waals surface area (Å²) < 4.78 is 6.02. The molecule has 0 saturated heterocycles. The maximum absolute atomic E-state index is 7.00. The summed E-state index contributed by atoms with van der Waals surface area (Å²) in [6.07, 6.45) is 0. The predicted molar refractivity (Wildman–Crippen MR) is 50.9 cm³/mol. The second-order valence-electron chi connectivity index (χ2n) is 1.77. The smallest absolute Gasteiger partial charge is 0.482 e. The summed E-state index contributed by atoms with van der Waals surface area (Å²) in [6.45, 7) is 0. The van der Waals surface area contributed by atoms with E-state index in [9.17, 15) is 0 Å². The van der Waals surface area contributed by atoms with Gasteiger partial charge in [-0.2, -0.15) is 0 Å². The van der Waals surface area contributed by atoms with Crippen LogP contribution in [0.3, 0.4) is 0 Å². The molecule has 0 aliphatic carbocycles. The molecule has 0 bridgehead atoms. The minimum absolute atomic E-state index is 0. The van der Waals surface area contributed by atoms with Crippen LogP contribution < -0.4 is 4.74 Å². The van der Waals surface area contributed by atoms with Gasteiger partial charge in [0.1, 0.15) is 5.75 Å². The van der Waals surface area contributed by atoms with Gasteiger partial charge in [0.25, 0.3) is 0 Å². The second kappa shape index (κ2) is 7.15. The van der Waals surface area contributed by atoms with Crippen molar-refractivity contribution >= 4 is 23.6 Å². The minimum Gasteiger partial charge on any atom is -0.497 e. The number of methoxy groups -OCH3 is 1. The van der Waals surface area contributed by atoms with Gasteiger partial charge in [-0.15, -0.1) is 0 Å². The largest absolute Gasteiger partial charge is 0.497 e. The Hall–Kier alpha value is -0.515. The third kappa shape index (κ3) is 5.18. The summed E-state index contributed by atoms with van der Waals surface area (Å²) in [6, 6.07) is 7.70. The maximum Gasteiger partial charge on any atom is 0.482 e. The third-order valence-corrected chi connectivity index (χ3v) is 1.58. The van der Waals surface area contributed by atoms with Crippen molar-refractivity contribution in [3.63, 3.8) is 0 Å². The first-order valence-corrected chi connectivity index (χ1v) is 3.93. The molecule has 1 radical (unpaired) electrons. The third-order valence-electron chi connectivity index (χ3n) is 1.05. The van der Waals surface area contributed by atoms with Gasteiger partial charge in [-0.1, -0.05) is 15.9 Å². The van der Waals surface area contributed by atoms with E-state index in [1.807, 2.05) is 24.3 Å². The molecule has 5 heteroatoms. The van der Waals surface area contributed by atoms with Crippen LogP contribution in [-0.4, -0.2) is 24.8 Å².